The Labute approximate surface area is 160 Å². The van der Waals surface area contributed by atoms with E-state index in [4.69, 9.17) is 4.74 Å². The third kappa shape index (κ3) is 3.86. The number of ether oxygens (including phenoxy) is 1. The molecule has 0 fully saturated rings. The van der Waals surface area contributed by atoms with Gasteiger partial charge in [-0.05, 0) is 36.2 Å². The Morgan fingerprint density at radius 1 is 1.14 bits per heavy atom. The Balaban J connectivity index is 2.11. The van der Waals surface area contributed by atoms with E-state index in [0.717, 1.165) is 0 Å². The van der Waals surface area contributed by atoms with E-state index in [2.05, 4.69) is 10.2 Å². The fourth-order valence-electron chi connectivity index (χ4n) is 2.88. The maximum atomic E-state index is 11.8. The van der Waals surface area contributed by atoms with Gasteiger partial charge in [-0.2, -0.15) is 0 Å². The van der Waals surface area contributed by atoms with Crippen molar-refractivity contribution in [3.05, 3.63) is 75.8 Å². The van der Waals surface area contributed by atoms with Gasteiger partial charge in [0.15, 0.2) is 0 Å². The molecule has 1 N–H and O–H groups in total. The fraction of sp³-hybridized carbons (Fsp3) is 0.150. The van der Waals surface area contributed by atoms with E-state index in [0.29, 0.717) is 33.6 Å². The number of aliphatic hydroxyl groups is 1. The summed E-state index contributed by atoms with van der Waals surface area (Å²) in [5, 5.41) is 29.1. The zero-order valence-electron chi connectivity index (χ0n) is 15.0. The molecule has 28 heavy (non-hydrogen) atoms. The number of hydrogen-bond acceptors (Lipinski definition) is 7. The van der Waals surface area contributed by atoms with E-state index in [1.54, 1.807) is 48.5 Å². The first-order valence-corrected chi connectivity index (χ1v) is 8.45. The maximum Gasteiger partial charge on any atom is 0.337 e. The van der Waals surface area contributed by atoms with Crippen LogP contribution in [0.1, 0.15) is 15.9 Å². The first kappa shape index (κ1) is 19.1. The number of para-hydroxylation sites is 1. The zero-order chi connectivity index (χ0) is 20.1. The summed E-state index contributed by atoms with van der Waals surface area (Å²) in [6, 6.07) is 14.6. The van der Waals surface area contributed by atoms with Crippen molar-refractivity contribution >= 4 is 11.7 Å². The predicted octanol–water partition coefficient (Wildman–Crippen LogP) is 3.04. The van der Waals surface area contributed by atoms with Gasteiger partial charge in [0.2, 0.25) is 0 Å². The summed E-state index contributed by atoms with van der Waals surface area (Å²) >= 11 is 0. The Bertz CT molecular complexity index is 1040. The SMILES string of the molecule is COC(=O)c1cccc(-c2nnc(-c3ccccc3[N+](=O)[O-])cc2CCO)c1. The third-order valence-electron chi connectivity index (χ3n) is 4.19. The lowest BCUT2D eigenvalue weighted by molar-refractivity contribution is -0.384. The van der Waals surface area contributed by atoms with Crippen molar-refractivity contribution < 1.29 is 19.6 Å². The number of hydrogen-bond donors (Lipinski definition) is 1. The Morgan fingerprint density at radius 3 is 2.64 bits per heavy atom. The number of nitro benzene ring substituents is 1. The van der Waals surface area contributed by atoms with Crippen LogP contribution in [0.2, 0.25) is 0 Å². The third-order valence-corrected chi connectivity index (χ3v) is 4.19. The molecule has 0 spiro atoms. The summed E-state index contributed by atoms with van der Waals surface area (Å²) in [5.41, 5.74) is 2.74. The van der Waals surface area contributed by atoms with Gasteiger partial charge in [-0.25, -0.2) is 4.79 Å². The Hall–Kier alpha value is -3.65. The van der Waals surface area contributed by atoms with E-state index < -0.39 is 10.9 Å². The molecule has 0 saturated carbocycles. The highest BCUT2D eigenvalue weighted by Gasteiger charge is 2.18. The fourth-order valence-corrected chi connectivity index (χ4v) is 2.88. The van der Waals surface area contributed by atoms with Gasteiger partial charge >= 0.3 is 5.97 Å². The highest BCUT2D eigenvalue weighted by molar-refractivity contribution is 5.91. The van der Waals surface area contributed by atoms with E-state index in [9.17, 15) is 20.0 Å². The van der Waals surface area contributed by atoms with Crippen LogP contribution in [0.5, 0.6) is 0 Å². The number of carbonyl (C=O) groups excluding carboxylic acids is 1. The molecule has 1 aromatic heterocycles. The monoisotopic (exact) mass is 379 g/mol. The van der Waals surface area contributed by atoms with Crippen LogP contribution in [0.25, 0.3) is 22.5 Å². The summed E-state index contributed by atoms with van der Waals surface area (Å²) in [6.45, 7) is -0.133. The van der Waals surface area contributed by atoms with Crippen molar-refractivity contribution in [2.45, 2.75) is 6.42 Å². The van der Waals surface area contributed by atoms with Crippen LogP contribution in [0, 0.1) is 10.1 Å². The minimum Gasteiger partial charge on any atom is -0.465 e. The van der Waals surface area contributed by atoms with E-state index in [1.807, 2.05) is 0 Å². The van der Waals surface area contributed by atoms with Crippen molar-refractivity contribution in [3.8, 4) is 22.5 Å². The standard InChI is InChI=1S/C20H17N3O5/c1-28-20(25)15-6-4-5-13(11-15)19-14(9-10-24)12-17(21-22-19)16-7-2-3-8-18(16)23(26)27/h2-8,11-12,24H,9-10H2,1H3. The molecule has 0 bridgehead atoms. The molecule has 0 amide bonds. The normalized spacial score (nSPS) is 10.5. The molecular weight excluding hydrogens is 362 g/mol. The number of aliphatic hydroxyl groups excluding tert-OH is 1. The lowest BCUT2D eigenvalue weighted by Crippen LogP contribution is -2.04. The van der Waals surface area contributed by atoms with Crippen molar-refractivity contribution in [2.75, 3.05) is 13.7 Å². The van der Waals surface area contributed by atoms with Crippen LogP contribution in [-0.4, -0.2) is 39.9 Å². The summed E-state index contributed by atoms with van der Waals surface area (Å²) in [7, 11) is 1.30. The lowest BCUT2D eigenvalue weighted by atomic mass is 10.00. The second kappa shape index (κ2) is 8.36. The molecule has 2 aromatic carbocycles. The van der Waals surface area contributed by atoms with Crippen LogP contribution >= 0.6 is 0 Å². The van der Waals surface area contributed by atoms with Crippen molar-refractivity contribution in [1.82, 2.24) is 10.2 Å². The molecule has 3 rings (SSSR count). The average Bonchev–Trinajstić information content (AvgIpc) is 2.73. The van der Waals surface area contributed by atoms with Gasteiger partial charge in [0, 0.05) is 18.2 Å². The van der Waals surface area contributed by atoms with Crippen molar-refractivity contribution in [1.29, 1.82) is 0 Å². The molecule has 0 saturated heterocycles. The number of aromatic nitrogens is 2. The van der Waals surface area contributed by atoms with Gasteiger partial charge in [-0.3, -0.25) is 10.1 Å². The molecule has 142 valence electrons. The first-order chi connectivity index (χ1) is 13.5. The van der Waals surface area contributed by atoms with E-state index in [-0.39, 0.29) is 18.7 Å². The number of carbonyl (C=O) groups is 1. The molecule has 3 aromatic rings. The second-order valence-electron chi connectivity index (χ2n) is 5.92. The Morgan fingerprint density at radius 2 is 1.93 bits per heavy atom. The van der Waals surface area contributed by atoms with Gasteiger partial charge in [-0.1, -0.05) is 24.3 Å². The van der Waals surface area contributed by atoms with Crippen LogP contribution in [-0.2, 0) is 11.2 Å². The van der Waals surface area contributed by atoms with Crippen LogP contribution < -0.4 is 0 Å². The predicted molar refractivity (Wildman–Crippen MR) is 102 cm³/mol. The summed E-state index contributed by atoms with van der Waals surface area (Å²) < 4.78 is 4.74. The number of esters is 1. The van der Waals surface area contributed by atoms with Gasteiger partial charge in [0.1, 0.15) is 5.69 Å². The molecule has 8 nitrogen and oxygen atoms in total. The molecule has 0 atom stereocenters. The van der Waals surface area contributed by atoms with Crippen molar-refractivity contribution in [3.63, 3.8) is 0 Å². The number of rotatable bonds is 6. The molecule has 0 radical (unpaired) electrons. The van der Waals surface area contributed by atoms with Crippen LogP contribution in [0.4, 0.5) is 5.69 Å². The number of benzene rings is 2. The molecular formula is C20H17N3O5. The summed E-state index contributed by atoms with van der Waals surface area (Å²) in [5.74, 6) is -0.477. The zero-order valence-corrected chi connectivity index (χ0v) is 15.0. The first-order valence-electron chi connectivity index (χ1n) is 8.45. The van der Waals surface area contributed by atoms with Crippen molar-refractivity contribution in [2.24, 2.45) is 0 Å². The average molecular weight is 379 g/mol. The lowest BCUT2D eigenvalue weighted by Gasteiger charge is -2.10. The highest BCUT2D eigenvalue weighted by Crippen LogP contribution is 2.31. The number of nitrogens with zero attached hydrogens (tertiary/aromatic N) is 3. The maximum absolute atomic E-state index is 11.8. The van der Waals surface area contributed by atoms with Crippen LogP contribution in [0.15, 0.2) is 54.6 Å². The van der Waals surface area contributed by atoms with Gasteiger partial charge in [0.25, 0.3) is 5.69 Å². The van der Waals surface area contributed by atoms with E-state index >= 15 is 0 Å². The quantitative estimate of drug-likeness (QED) is 0.397. The molecule has 0 aliphatic heterocycles. The minimum absolute atomic E-state index is 0.0767. The molecule has 0 aliphatic carbocycles. The minimum atomic E-state index is -0.477. The smallest absolute Gasteiger partial charge is 0.337 e. The van der Waals surface area contributed by atoms with Gasteiger partial charge < -0.3 is 9.84 Å². The summed E-state index contributed by atoms with van der Waals surface area (Å²) in [6.07, 6.45) is 0.279. The summed E-state index contributed by atoms with van der Waals surface area (Å²) in [4.78, 5) is 22.6. The van der Waals surface area contributed by atoms with Gasteiger partial charge in [-0.15, -0.1) is 10.2 Å². The topological polar surface area (TPSA) is 115 Å². The van der Waals surface area contributed by atoms with Crippen LogP contribution in [0.3, 0.4) is 0 Å². The molecule has 8 heteroatoms. The highest BCUT2D eigenvalue weighted by atomic mass is 16.6. The number of nitro groups is 1. The number of methoxy groups -OCH3 is 1. The van der Waals surface area contributed by atoms with Gasteiger partial charge in [0.05, 0.1) is 28.9 Å². The molecule has 1 heterocycles. The molecule has 0 unspecified atom stereocenters. The Kier molecular flexibility index (Phi) is 5.71. The second-order valence-corrected chi connectivity index (χ2v) is 5.92. The van der Waals surface area contributed by atoms with E-state index in [1.165, 1.54) is 13.2 Å². The molecule has 0 aliphatic rings. The largest absolute Gasteiger partial charge is 0.465 e.